The summed E-state index contributed by atoms with van der Waals surface area (Å²) in [5.41, 5.74) is 2.16. The van der Waals surface area contributed by atoms with Gasteiger partial charge >= 0.3 is 0 Å². The predicted octanol–water partition coefficient (Wildman–Crippen LogP) is 3.10. The molecule has 154 valence electrons. The molecule has 29 heavy (non-hydrogen) atoms. The molecule has 0 bridgehead atoms. The fourth-order valence-corrected chi connectivity index (χ4v) is 4.02. The number of nitrogens with zero attached hydrogens (tertiary/aromatic N) is 3. The quantitative estimate of drug-likeness (QED) is 0.818. The summed E-state index contributed by atoms with van der Waals surface area (Å²) in [7, 11) is 0. The third kappa shape index (κ3) is 5.07. The highest BCUT2D eigenvalue weighted by Crippen LogP contribution is 2.35. The van der Waals surface area contributed by atoms with Gasteiger partial charge in [0.25, 0.3) is 0 Å². The van der Waals surface area contributed by atoms with Crippen LogP contribution in [0.5, 0.6) is 5.75 Å². The lowest BCUT2D eigenvalue weighted by Gasteiger charge is -2.34. The summed E-state index contributed by atoms with van der Waals surface area (Å²) >= 11 is 0. The zero-order valence-electron chi connectivity index (χ0n) is 17.3. The number of hydrogen-bond acceptors (Lipinski definition) is 4. The average molecular weight is 395 g/mol. The third-order valence-electron chi connectivity index (χ3n) is 5.73. The molecular formula is C23H30N4O2. The van der Waals surface area contributed by atoms with Gasteiger partial charge in [0, 0.05) is 36.6 Å². The van der Waals surface area contributed by atoms with Crippen LogP contribution in [0.25, 0.3) is 6.08 Å². The third-order valence-corrected chi connectivity index (χ3v) is 5.73. The monoisotopic (exact) mass is 394 g/mol. The van der Waals surface area contributed by atoms with Gasteiger partial charge in [0.1, 0.15) is 17.9 Å². The van der Waals surface area contributed by atoms with Crippen LogP contribution in [0, 0.1) is 5.92 Å². The van der Waals surface area contributed by atoms with Crippen molar-refractivity contribution in [3.8, 4) is 5.75 Å². The van der Waals surface area contributed by atoms with Crippen molar-refractivity contribution in [3.63, 3.8) is 0 Å². The Hall–Kier alpha value is -2.60. The zero-order valence-corrected chi connectivity index (χ0v) is 17.3. The highest BCUT2D eigenvalue weighted by Gasteiger charge is 2.25. The van der Waals surface area contributed by atoms with Crippen LogP contribution in [-0.2, 0) is 17.9 Å². The summed E-state index contributed by atoms with van der Waals surface area (Å²) in [6, 6.07) is 6.41. The number of amides is 1. The van der Waals surface area contributed by atoms with Crippen molar-refractivity contribution < 1.29 is 9.53 Å². The highest BCUT2D eigenvalue weighted by molar-refractivity contribution is 5.75. The molecule has 2 aliphatic heterocycles. The van der Waals surface area contributed by atoms with E-state index in [4.69, 9.17) is 4.74 Å². The van der Waals surface area contributed by atoms with E-state index in [-0.39, 0.29) is 11.5 Å². The number of imidazole rings is 1. The summed E-state index contributed by atoms with van der Waals surface area (Å²) in [6.07, 6.45) is 11.7. The minimum Gasteiger partial charge on any atom is -0.483 e. The fourth-order valence-electron chi connectivity index (χ4n) is 4.02. The van der Waals surface area contributed by atoms with Gasteiger partial charge in [-0.1, -0.05) is 24.3 Å². The Bertz CT molecular complexity index is 865. The van der Waals surface area contributed by atoms with E-state index in [2.05, 4.69) is 59.4 Å². The maximum atomic E-state index is 12.1. The molecule has 0 saturated carbocycles. The molecule has 1 aromatic heterocycles. The Morgan fingerprint density at radius 1 is 1.31 bits per heavy atom. The summed E-state index contributed by atoms with van der Waals surface area (Å²) in [5, 5.41) is 3.07. The second-order valence-corrected chi connectivity index (χ2v) is 8.63. The van der Waals surface area contributed by atoms with E-state index in [0.717, 1.165) is 50.3 Å². The van der Waals surface area contributed by atoms with Crippen LogP contribution in [0.15, 0.2) is 43.0 Å². The SMILES string of the molecule is CC1(C)C=Cc2cccc(CN3CCC(CNC(=O)Cn4ccnc4)CC3)c2O1. The van der Waals surface area contributed by atoms with Gasteiger partial charge in [0.15, 0.2) is 0 Å². The van der Waals surface area contributed by atoms with Crippen molar-refractivity contribution >= 4 is 12.0 Å². The number of hydrogen-bond donors (Lipinski definition) is 1. The van der Waals surface area contributed by atoms with Crippen LogP contribution in [0.2, 0.25) is 0 Å². The number of nitrogens with one attached hydrogen (secondary N) is 1. The van der Waals surface area contributed by atoms with Crippen molar-refractivity contribution in [3.05, 3.63) is 54.1 Å². The summed E-state index contributed by atoms with van der Waals surface area (Å²) in [4.78, 5) is 18.5. The molecule has 0 spiro atoms. The molecule has 1 amide bonds. The number of aromatic nitrogens is 2. The number of carbonyl (C=O) groups is 1. The van der Waals surface area contributed by atoms with Crippen molar-refractivity contribution in [2.75, 3.05) is 19.6 Å². The van der Waals surface area contributed by atoms with Gasteiger partial charge in [0.05, 0.1) is 6.33 Å². The van der Waals surface area contributed by atoms with Gasteiger partial charge < -0.3 is 14.6 Å². The molecule has 0 aliphatic carbocycles. The van der Waals surface area contributed by atoms with Gasteiger partial charge in [-0.05, 0) is 51.8 Å². The van der Waals surface area contributed by atoms with E-state index >= 15 is 0 Å². The first-order chi connectivity index (χ1) is 14.0. The number of carbonyl (C=O) groups excluding carboxylic acids is 1. The van der Waals surface area contributed by atoms with E-state index in [0.29, 0.717) is 12.5 Å². The Morgan fingerprint density at radius 3 is 2.90 bits per heavy atom. The van der Waals surface area contributed by atoms with Gasteiger partial charge in [-0.15, -0.1) is 0 Å². The average Bonchev–Trinajstić information content (AvgIpc) is 3.20. The second kappa shape index (κ2) is 8.41. The molecule has 1 fully saturated rings. The Morgan fingerprint density at radius 2 is 2.14 bits per heavy atom. The van der Waals surface area contributed by atoms with Crippen molar-refractivity contribution in [2.24, 2.45) is 5.92 Å². The standard InChI is InChI=1S/C23H30N4O2/c1-23(2)9-6-19-4-3-5-20(22(19)29-23)15-26-11-7-18(8-12-26)14-25-21(28)16-27-13-10-24-17-27/h3-6,9-10,13,17-18H,7-8,11-12,14-16H2,1-2H3,(H,25,28). The lowest BCUT2D eigenvalue weighted by atomic mass is 9.95. The van der Waals surface area contributed by atoms with Gasteiger partial charge in [0.2, 0.25) is 5.91 Å². The molecule has 1 N–H and O–H groups in total. The number of fused-ring (bicyclic) bond motifs is 1. The number of ether oxygens (including phenoxy) is 1. The molecule has 6 nitrogen and oxygen atoms in total. The molecular weight excluding hydrogens is 364 g/mol. The van der Waals surface area contributed by atoms with Crippen molar-refractivity contribution in [2.45, 2.75) is 45.4 Å². The van der Waals surface area contributed by atoms with Gasteiger partial charge in [-0.2, -0.15) is 0 Å². The lowest BCUT2D eigenvalue weighted by molar-refractivity contribution is -0.121. The molecule has 0 atom stereocenters. The lowest BCUT2D eigenvalue weighted by Crippen LogP contribution is -2.39. The second-order valence-electron chi connectivity index (χ2n) is 8.63. The summed E-state index contributed by atoms with van der Waals surface area (Å²) in [6.45, 7) is 8.28. The van der Waals surface area contributed by atoms with Crippen LogP contribution in [-0.4, -0.2) is 45.6 Å². The molecule has 3 heterocycles. The molecule has 2 aromatic rings. The van der Waals surface area contributed by atoms with E-state index in [9.17, 15) is 4.79 Å². The summed E-state index contributed by atoms with van der Waals surface area (Å²) in [5.74, 6) is 1.61. The molecule has 2 aliphatic rings. The van der Waals surface area contributed by atoms with Crippen molar-refractivity contribution in [1.29, 1.82) is 0 Å². The number of para-hydroxylation sites is 1. The minimum atomic E-state index is -0.259. The van der Waals surface area contributed by atoms with Crippen LogP contribution in [0.1, 0.15) is 37.8 Å². The first-order valence-electron chi connectivity index (χ1n) is 10.4. The largest absolute Gasteiger partial charge is 0.483 e. The zero-order chi connectivity index (χ0) is 20.3. The Kier molecular flexibility index (Phi) is 5.72. The topological polar surface area (TPSA) is 59.4 Å². The molecule has 4 rings (SSSR count). The van der Waals surface area contributed by atoms with E-state index < -0.39 is 0 Å². The van der Waals surface area contributed by atoms with E-state index in [1.165, 1.54) is 5.56 Å². The minimum absolute atomic E-state index is 0.0501. The number of likely N-dealkylation sites (tertiary alicyclic amines) is 1. The fraction of sp³-hybridized carbons (Fsp3) is 0.478. The Labute approximate surface area is 172 Å². The van der Waals surface area contributed by atoms with Gasteiger partial charge in [-0.25, -0.2) is 4.98 Å². The van der Waals surface area contributed by atoms with Crippen LogP contribution >= 0.6 is 0 Å². The normalized spacial score (nSPS) is 18.8. The predicted molar refractivity (Wildman–Crippen MR) is 113 cm³/mol. The van der Waals surface area contributed by atoms with Crippen LogP contribution < -0.4 is 10.1 Å². The van der Waals surface area contributed by atoms with Crippen LogP contribution in [0.3, 0.4) is 0 Å². The maximum absolute atomic E-state index is 12.1. The highest BCUT2D eigenvalue weighted by atomic mass is 16.5. The number of benzene rings is 1. The van der Waals surface area contributed by atoms with Gasteiger partial charge in [-0.3, -0.25) is 9.69 Å². The van der Waals surface area contributed by atoms with E-state index in [1.54, 1.807) is 23.3 Å². The number of piperidine rings is 1. The van der Waals surface area contributed by atoms with Crippen molar-refractivity contribution in [1.82, 2.24) is 19.8 Å². The Balaban J connectivity index is 1.26. The first kappa shape index (κ1) is 19.7. The molecule has 1 saturated heterocycles. The van der Waals surface area contributed by atoms with Crippen LogP contribution in [0.4, 0.5) is 0 Å². The first-order valence-corrected chi connectivity index (χ1v) is 10.4. The molecule has 1 aromatic carbocycles. The van der Waals surface area contributed by atoms with E-state index in [1.807, 2.05) is 0 Å². The summed E-state index contributed by atoms with van der Waals surface area (Å²) < 4.78 is 8.04. The maximum Gasteiger partial charge on any atom is 0.239 e. The number of rotatable bonds is 6. The smallest absolute Gasteiger partial charge is 0.239 e. The molecule has 0 radical (unpaired) electrons. The molecule has 6 heteroatoms. The molecule has 0 unspecified atom stereocenters.